The summed E-state index contributed by atoms with van der Waals surface area (Å²) in [6.07, 6.45) is 0. The van der Waals surface area contributed by atoms with E-state index in [9.17, 15) is 14.9 Å². The third kappa shape index (κ3) is 3.21. The van der Waals surface area contributed by atoms with E-state index in [2.05, 4.69) is 10.3 Å². The van der Waals surface area contributed by atoms with E-state index in [-0.39, 0.29) is 11.4 Å². The van der Waals surface area contributed by atoms with Crippen LogP contribution >= 0.6 is 0 Å². The van der Waals surface area contributed by atoms with Crippen LogP contribution in [0.3, 0.4) is 0 Å². The molecule has 86 valence electrons. The summed E-state index contributed by atoms with van der Waals surface area (Å²) in [4.78, 5) is 24.8. The van der Waals surface area contributed by atoms with Gasteiger partial charge in [0.1, 0.15) is 5.69 Å². The minimum atomic E-state index is -1.16. The summed E-state index contributed by atoms with van der Waals surface area (Å²) in [5, 5.41) is 18.9. The first-order chi connectivity index (χ1) is 7.50. The molecule has 0 aliphatic carbocycles. The summed E-state index contributed by atoms with van der Waals surface area (Å²) in [7, 11) is 0. The van der Waals surface area contributed by atoms with Gasteiger partial charge in [0.25, 0.3) is 5.69 Å². The van der Waals surface area contributed by atoms with Crippen LogP contribution in [0.15, 0.2) is 18.2 Å². The van der Waals surface area contributed by atoms with Gasteiger partial charge < -0.3 is 5.11 Å². The first kappa shape index (κ1) is 11.9. The highest BCUT2D eigenvalue weighted by Crippen LogP contribution is 2.24. The van der Waals surface area contributed by atoms with E-state index in [1.54, 1.807) is 13.0 Å². The Balaban J connectivity index is 2.80. The Hall–Kier alpha value is -2.15. The molecule has 1 rings (SSSR count). The molecule has 0 heterocycles. The predicted octanol–water partition coefficient (Wildman–Crippen LogP) is 1.33. The zero-order valence-electron chi connectivity index (χ0n) is 8.47. The molecule has 0 saturated heterocycles. The van der Waals surface area contributed by atoms with Gasteiger partial charge in [-0.15, -0.1) is 0 Å². The third-order valence-corrected chi connectivity index (χ3v) is 1.73. The quantitative estimate of drug-likeness (QED) is 0.580. The number of nitrogens with one attached hydrogen (secondary N) is 1. The number of nitrogens with zero attached hydrogens (tertiary/aromatic N) is 1. The fourth-order valence-electron chi connectivity index (χ4n) is 1.07. The molecule has 7 heteroatoms. The van der Waals surface area contributed by atoms with Crippen LogP contribution in [0.2, 0.25) is 0 Å². The third-order valence-electron chi connectivity index (χ3n) is 1.73. The van der Waals surface area contributed by atoms with Crippen LogP contribution in [-0.2, 0) is 9.63 Å². The zero-order chi connectivity index (χ0) is 12.1. The maximum atomic E-state index is 10.6. The van der Waals surface area contributed by atoms with Gasteiger partial charge in [-0.25, -0.2) is 4.79 Å². The molecule has 0 radical (unpaired) electrons. The first-order valence-electron chi connectivity index (χ1n) is 4.35. The Labute approximate surface area is 90.8 Å². The number of hydrogen-bond acceptors (Lipinski definition) is 5. The number of hydrogen-bond donors (Lipinski definition) is 2. The van der Waals surface area contributed by atoms with Crippen LogP contribution in [0.4, 0.5) is 11.4 Å². The van der Waals surface area contributed by atoms with Gasteiger partial charge in [0.05, 0.1) is 4.92 Å². The molecular weight excluding hydrogens is 216 g/mol. The van der Waals surface area contributed by atoms with Crippen molar-refractivity contribution in [2.24, 2.45) is 0 Å². The number of carbonyl (C=O) groups is 1. The number of anilines is 1. The van der Waals surface area contributed by atoms with Crippen molar-refractivity contribution in [3.05, 3.63) is 33.9 Å². The highest BCUT2D eigenvalue weighted by atomic mass is 16.7. The van der Waals surface area contributed by atoms with E-state index < -0.39 is 17.5 Å². The Morgan fingerprint density at radius 3 is 2.88 bits per heavy atom. The van der Waals surface area contributed by atoms with Crippen LogP contribution in [-0.4, -0.2) is 22.6 Å². The molecule has 0 unspecified atom stereocenters. The molecule has 1 aromatic rings. The second-order valence-corrected chi connectivity index (χ2v) is 3.06. The standard InChI is InChI=1S/C9H10N2O5/c1-6-2-3-8(11(14)15)7(4-6)10-16-5-9(12)13/h2-4,10H,5H2,1H3,(H,12,13). The minimum Gasteiger partial charge on any atom is -0.479 e. The molecule has 7 nitrogen and oxygen atoms in total. The number of carboxylic acids is 1. The number of carboxylic acid groups (broad SMARTS) is 1. The van der Waals surface area contributed by atoms with Crippen LogP contribution < -0.4 is 5.48 Å². The lowest BCUT2D eigenvalue weighted by Crippen LogP contribution is -2.12. The van der Waals surface area contributed by atoms with Crippen molar-refractivity contribution in [3.8, 4) is 0 Å². The maximum absolute atomic E-state index is 10.6. The molecule has 1 aromatic carbocycles. The molecule has 0 aromatic heterocycles. The van der Waals surface area contributed by atoms with Gasteiger partial charge in [-0.1, -0.05) is 6.07 Å². The van der Waals surface area contributed by atoms with Crippen LogP contribution in [0.25, 0.3) is 0 Å². The molecule has 0 fully saturated rings. The van der Waals surface area contributed by atoms with Gasteiger partial charge in [0.15, 0.2) is 6.61 Å². The summed E-state index contributed by atoms with van der Waals surface area (Å²) in [6.45, 7) is 1.18. The number of nitro benzene ring substituents is 1. The highest BCUT2D eigenvalue weighted by molar-refractivity contribution is 5.68. The Kier molecular flexibility index (Phi) is 3.78. The highest BCUT2D eigenvalue weighted by Gasteiger charge is 2.13. The lowest BCUT2D eigenvalue weighted by Gasteiger charge is -2.06. The van der Waals surface area contributed by atoms with Crippen molar-refractivity contribution in [2.45, 2.75) is 6.92 Å². The van der Waals surface area contributed by atoms with Gasteiger partial charge in [-0.05, 0) is 18.6 Å². The molecule has 0 saturated carbocycles. The number of aryl methyl sites for hydroxylation is 1. The summed E-state index contributed by atoms with van der Waals surface area (Å²) in [6, 6.07) is 4.41. The predicted molar refractivity (Wildman–Crippen MR) is 55.0 cm³/mol. The lowest BCUT2D eigenvalue weighted by molar-refractivity contribution is -0.384. The topological polar surface area (TPSA) is 102 Å². The second kappa shape index (κ2) is 5.08. The molecular formula is C9H10N2O5. The van der Waals surface area contributed by atoms with E-state index in [4.69, 9.17) is 5.11 Å². The lowest BCUT2D eigenvalue weighted by atomic mass is 10.2. The fourth-order valence-corrected chi connectivity index (χ4v) is 1.07. The average Bonchev–Trinajstić information content (AvgIpc) is 2.16. The molecule has 0 atom stereocenters. The monoisotopic (exact) mass is 226 g/mol. The summed E-state index contributed by atoms with van der Waals surface area (Å²) in [5.41, 5.74) is 3.00. The van der Waals surface area contributed by atoms with Crippen molar-refractivity contribution >= 4 is 17.3 Å². The number of nitro groups is 1. The molecule has 0 aliphatic heterocycles. The van der Waals surface area contributed by atoms with E-state index >= 15 is 0 Å². The number of benzene rings is 1. The van der Waals surface area contributed by atoms with Crippen LogP contribution in [0.1, 0.15) is 5.56 Å². The van der Waals surface area contributed by atoms with Gasteiger partial charge in [-0.2, -0.15) is 0 Å². The zero-order valence-corrected chi connectivity index (χ0v) is 8.47. The molecule has 16 heavy (non-hydrogen) atoms. The second-order valence-electron chi connectivity index (χ2n) is 3.06. The van der Waals surface area contributed by atoms with Gasteiger partial charge in [-0.3, -0.25) is 20.4 Å². The van der Waals surface area contributed by atoms with Gasteiger partial charge >= 0.3 is 5.97 Å². The molecule has 2 N–H and O–H groups in total. The summed E-state index contributed by atoms with van der Waals surface area (Å²) >= 11 is 0. The number of aliphatic carboxylic acids is 1. The normalized spacial score (nSPS) is 9.81. The SMILES string of the molecule is Cc1ccc([N+](=O)[O-])c(NOCC(=O)O)c1. The van der Waals surface area contributed by atoms with Gasteiger partial charge in [0.2, 0.25) is 0 Å². The van der Waals surface area contributed by atoms with E-state index in [1.165, 1.54) is 12.1 Å². The first-order valence-corrected chi connectivity index (χ1v) is 4.35. The molecule has 0 spiro atoms. The Bertz CT molecular complexity index is 418. The molecule has 0 aliphatic rings. The van der Waals surface area contributed by atoms with E-state index in [1.807, 2.05) is 0 Å². The largest absolute Gasteiger partial charge is 0.479 e. The average molecular weight is 226 g/mol. The number of rotatable bonds is 5. The van der Waals surface area contributed by atoms with Crippen molar-refractivity contribution in [3.63, 3.8) is 0 Å². The van der Waals surface area contributed by atoms with E-state index in [0.29, 0.717) is 0 Å². The van der Waals surface area contributed by atoms with Gasteiger partial charge in [0, 0.05) is 6.07 Å². The van der Waals surface area contributed by atoms with Crippen molar-refractivity contribution < 1.29 is 19.7 Å². The maximum Gasteiger partial charge on any atom is 0.332 e. The van der Waals surface area contributed by atoms with Crippen molar-refractivity contribution in [1.82, 2.24) is 0 Å². The van der Waals surface area contributed by atoms with Crippen LogP contribution in [0.5, 0.6) is 0 Å². The van der Waals surface area contributed by atoms with Crippen molar-refractivity contribution in [1.29, 1.82) is 0 Å². The summed E-state index contributed by atoms with van der Waals surface area (Å²) in [5.74, 6) is -1.16. The minimum absolute atomic E-state index is 0.131. The Morgan fingerprint density at radius 1 is 1.62 bits per heavy atom. The smallest absolute Gasteiger partial charge is 0.332 e. The molecule has 0 amide bonds. The molecule has 0 bridgehead atoms. The van der Waals surface area contributed by atoms with E-state index in [0.717, 1.165) is 5.56 Å². The summed E-state index contributed by atoms with van der Waals surface area (Å²) < 4.78 is 0. The fraction of sp³-hybridized carbons (Fsp3) is 0.222. The Morgan fingerprint density at radius 2 is 2.31 bits per heavy atom. The van der Waals surface area contributed by atoms with Crippen molar-refractivity contribution in [2.75, 3.05) is 12.1 Å². The van der Waals surface area contributed by atoms with Crippen LogP contribution in [0, 0.1) is 17.0 Å².